The Kier molecular flexibility index (Phi) is 5.91. The van der Waals surface area contributed by atoms with Crippen molar-refractivity contribution in [2.45, 2.75) is 13.2 Å². The van der Waals surface area contributed by atoms with E-state index in [2.05, 4.69) is 20.6 Å². The van der Waals surface area contributed by atoms with Crippen LogP contribution >= 0.6 is 11.3 Å². The number of ether oxygens (including phenoxy) is 1. The Morgan fingerprint density at radius 2 is 1.97 bits per heavy atom. The molecule has 2 heterocycles. The molecule has 0 fully saturated rings. The second-order valence-corrected chi connectivity index (χ2v) is 7.70. The van der Waals surface area contributed by atoms with Gasteiger partial charge in [-0.2, -0.15) is 0 Å². The van der Waals surface area contributed by atoms with Crippen molar-refractivity contribution in [2.75, 3.05) is 25.1 Å². The molecule has 2 aromatic heterocycles. The van der Waals surface area contributed by atoms with Gasteiger partial charge in [0.05, 0.1) is 27.9 Å². The fourth-order valence-corrected chi connectivity index (χ4v) is 3.97. The number of thiazole rings is 1. The quantitative estimate of drug-likeness (QED) is 0.289. The molecule has 2 aromatic carbocycles. The fourth-order valence-electron chi connectivity index (χ4n) is 3.10. The maximum Gasteiger partial charge on any atom is 0.209 e. The standard InChI is InChI=1S/C20H21F2N5O2S/c1-3-29-7-6-23-18(28)11-4-5-16-14(8-11)24-19(27(16)2)26-20-25-15-9-12(21)13(22)10-17(15)30-20/h4-5,8-10,18,23,28H,3,6-7H2,1-2H3,(H,24,25,26). The van der Waals surface area contributed by atoms with Crippen LogP contribution < -0.4 is 10.6 Å². The molecule has 0 saturated carbocycles. The van der Waals surface area contributed by atoms with Crippen LogP contribution in [0.4, 0.5) is 19.9 Å². The molecule has 4 aromatic rings. The number of aliphatic hydroxyl groups is 1. The summed E-state index contributed by atoms with van der Waals surface area (Å²) in [6.45, 7) is 3.60. The Morgan fingerprint density at radius 3 is 2.77 bits per heavy atom. The molecular weight excluding hydrogens is 412 g/mol. The molecule has 7 nitrogen and oxygen atoms in total. The molecular formula is C20H21F2N5O2S. The van der Waals surface area contributed by atoms with E-state index in [-0.39, 0.29) is 0 Å². The SMILES string of the molecule is CCOCCNC(O)c1ccc2c(c1)nc(Nc1nc3cc(F)c(F)cc3s1)n2C. The number of aromatic nitrogens is 3. The van der Waals surface area contributed by atoms with Crippen molar-refractivity contribution in [2.24, 2.45) is 7.05 Å². The van der Waals surface area contributed by atoms with Crippen molar-refractivity contribution in [1.82, 2.24) is 19.9 Å². The molecule has 0 aliphatic heterocycles. The zero-order chi connectivity index (χ0) is 21.3. The third kappa shape index (κ3) is 4.12. The molecule has 0 amide bonds. The average molecular weight is 433 g/mol. The van der Waals surface area contributed by atoms with Crippen LogP contribution in [0.1, 0.15) is 18.7 Å². The Hall–Kier alpha value is -2.66. The molecule has 0 radical (unpaired) electrons. The van der Waals surface area contributed by atoms with Gasteiger partial charge in [0.1, 0.15) is 6.23 Å². The number of nitrogens with zero attached hydrogens (tertiary/aromatic N) is 3. The first-order chi connectivity index (χ1) is 14.5. The fraction of sp³-hybridized carbons (Fsp3) is 0.300. The number of rotatable bonds is 8. The van der Waals surface area contributed by atoms with E-state index in [1.165, 1.54) is 11.3 Å². The molecule has 0 aliphatic carbocycles. The van der Waals surface area contributed by atoms with E-state index in [1.54, 1.807) is 0 Å². The van der Waals surface area contributed by atoms with Crippen LogP contribution in [0.15, 0.2) is 30.3 Å². The first-order valence-corrected chi connectivity index (χ1v) is 10.3. The van der Waals surface area contributed by atoms with Gasteiger partial charge >= 0.3 is 0 Å². The summed E-state index contributed by atoms with van der Waals surface area (Å²) in [5, 5.41) is 16.9. The summed E-state index contributed by atoms with van der Waals surface area (Å²) in [6, 6.07) is 7.72. The average Bonchev–Trinajstić information content (AvgIpc) is 3.25. The zero-order valence-electron chi connectivity index (χ0n) is 16.4. The lowest BCUT2D eigenvalue weighted by atomic mass is 10.1. The highest BCUT2D eigenvalue weighted by Gasteiger charge is 2.14. The minimum absolute atomic E-state index is 0.378. The minimum atomic E-state index is -0.928. The van der Waals surface area contributed by atoms with Crippen LogP contribution in [0.2, 0.25) is 0 Å². The molecule has 0 aliphatic rings. The van der Waals surface area contributed by atoms with Crippen molar-refractivity contribution in [3.05, 3.63) is 47.5 Å². The van der Waals surface area contributed by atoms with Crippen LogP contribution in [0.5, 0.6) is 0 Å². The van der Waals surface area contributed by atoms with Crippen LogP contribution in [0, 0.1) is 11.6 Å². The third-order valence-electron chi connectivity index (χ3n) is 4.66. The first-order valence-electron chi connectivity index (χ1n) is 9.44. The van der Waals surface area contributed by atoms with E-state index in [1.807, 2.05) is 36.7 Å². The number of fused-ring (bicyclic) bond motifs is 2. The van der Waals surface area contributed by atoms with E-state index in [4.69, 9.17) is 4.74 Å². The van der Waals surface area contributed by atoms with Gasteiger partial charge in [0.25, 0.3) is 0 Å². The third-order valence-corrected chi connectivity index (χ3v) is 5.59. The zero-order valence-corrected chi connectivity index (χ0v) is 17.3. The van der Waals surface area contributed by atoms with Gasteiger partial charge in [0.2, 0.25) is 5.95 Å². The molecule has 158 valence electrons. The number of hydrogen-bond donors (Lipinski definition) is 3. The Morgan fingerprint density at radius 1 is 1.17 bits per heavy atom. The lowest BCUT2D eigenvalue weighted by Gasteiger charge is -2.13. The van der Waals surface area contributed by atoms with E-state index < -0.39 is 17.9 Å². The predicted molar refractivity (Wildman–Crippen MR) is 113 cm³/mol. The lowest BCUT2D eigenvalue weighted by molar-refractivity contribution is 0.105. The number of aliphatic hydroxyl groups excluding tert-OH is 1. The summed E-state index contributed by atoms with van der Waals surface area (Å²) in [6.07, 6.45) is -0.831. The molecule has 4 rings (SSSR count). The second-order valence-electron chi connectivity index (χ2n) is 6.67. The monoisotopic (exact) mass is 433 g/mol. The van der Waals surface area contributed by atoms with Crippen LogP contribution in [0.3, 0.4) is 0 Å². The maximum atomic E-state index is 13.4. The van der Waals surface area contributed by atoms with Crippen LogP contribution in [0.25, 0.3) is 21.3 Å². The first kappa shape index (κ1) is 20.6. The number of imidazole rings is 1. The number of anilines is 2. The molecule has 10 heteroatoms. The summed E-state index contributed by atoms with van der Waals surface area (Å²) < 4.78 is 34.5. The number of hydrogen-bond acceptors (Lipinski definition) is 7. The topological polar surface area (TPSA) is 84.2 Å². The van der Waals surface area contributed by atoms with Gasteiger partial charge in [-0.1, -0.05) is 17.4 Å². The van der Waals surface area contributed by atoms with Gasteiger partial charge in [-0.05, 0) is 30.7 Å². The maximum absolute atomic E-state index is 13.4. The largest absolute Gasteiger partial charge is 0.380 e. The normalized spacial score (nSPS) is 12.7. The highest BCUT2D eigenvalue weighted by molar-refractivity contribution is 7.22. The molecule has 1 unspecified atom stereocenters. The molecule has 3 N–H and O–H groups in total. The minimum Gasteiger partial charge on any atom is -0.380 e. The number of nitrogens with one attached hydrogen (secondary N) is 2. The number of aryl methyl sites for hydroxylation is 1. The van der Waals surface area contributed by atoms with Crippen LogP contribution in [-0.4, -0.2) is 39.4 Å². The van der Waals surface area contributed by atoms with Gasteiger partial charge in [-0.3, -0.25) is 5.32 Å². The Labute approximate surface area is 175 Å². The van der Waals surface area contributed by atoms with Crippen molar-refractivity contribution in [1.29, 1.82) is 0 Å². The smallest absolute Gasteiger partial charge is 0.209 e. The van der Waals surface area contributed by atoms with Gasteiger partial charge < -0.3 is 19.7 Å². The van der Waals surface area contributed by atoms with Crippen molar-refractivity contribution in [3.63, 3.8) is 0 Å². The molecule has 1 atom stereocenters. The highest BCUT2D eigenvalue weighted by atomic mass is 32.1. The summed E-state index contributed by atoms with van der Waals surface area (Å²) in [7, 11) is 1.85. The second kappa shape index (κ2) is 8.60. The van der Waals surface area contributed by atoms with Gasteiger partial charge in [0, 0.05) is 26.3 Å². The molecule has 0 saturated heterocycles. The number of halogens is 2. The summed E-state index contributed by atoms with van der Waals surface area (Å²) in [5.74, 6) is -1.30. The Bertz CT molecular complexity index is 1150. The van der Waals surface area contributed by atoms with E-state index in [9.17, 15) is 13.9 Å². The predicted octanol–water partition coefficient (Wildman–Crippen LogP) is 3.82. The van der Waals surface area contributed by atoms with Gasteiger partial charge in [-0.25, -0.2) is 18.7 Å². The number of benzene rings is 2. The Balaban J connectivity index is 1.55. The summed E-state index contributed by atoms with van der Waals surface area (Å²) >= 11 is 1.21. The van der Waals surface area contributed by atoms with Gasteiger partial charge in [0.15, 0.2) is 16.8 Å². The van der Waals surface area contributed by atoms with Crippen molar-refractivity contribution in [3.8, 4) is 0 Å². The van der Waals surface area contributed by atoms with E-state index in [0.717, 1.165) is 17.6 Å². The van der Waals surface area contributed by atoms with E-state index in [0.29, 0.717) is 52.1 Å². The van der Waals surface area contributed by atoms with Crippen molar-refractivity contribution >= 4 is 43.7 Å². The lowest BCUT2D eigenvalue weighted by Crippen LogP contribution is -2.25. The summed E-state index contributed by atoms with van der Waals surface area (Å²) in [4.78, 5) is 8.87. The highest BCUT2D eigenvalue weighted by Crippen LogP contribution is 2.31. The molecule has 0 spiro atoms. The van der Waals surface area contributed by atoms with Gasteiger partial charge in [-0.15, -0.1) is 0 Å². The van der Waals surface area contributed by atoms with E-state index >= 15 is 0 Å². The van der Waals surface area contributed by atoms with Crippen molar-refractivity contribution < 1.29 is 18.6 Å². The summed E-state index contributed by atoms with van der Waals surface area (Å²) in [5.41, 5.74) is 2.63. The van der Waals surface area contributed by atoms with Crippen LogP contribution in [-0.2, 0) is 11.8 Å². The molecule has 0 bridgehead atoms. The molecule has 30 heavy (non-hydrogen) atoms.